The van der Waals surface area contributed by atoms with Crippen LogP contribution < -0.4 is 0 Å². The van der Waals surface area contributed by atoms with E-state index in [9.17, 15) is 0 Å². The van der Waals surface area contributed by atoms with Gasteiger partial charge in [-0.25, -0.2) is 0 Å². The molecule has 0 heterocycles. The second kappa shape index (κ2) is 7.93. The standard InChI is InChI=1S/C10H22OS/c1-4-9(5-2)11-8-7-10(12)6-3/h9-10,12H,4-8H2,1-3H3. The Morgan fingerprint density at radius 3 is 2.08 bits per heavy atom. The van der Waals surface area contributed by atoms with Crippen LogP contribution in [0.4, 0.5) is 0 Å². The van der Waals surface area contributed by atoms with Crippen molar-refractivity contribution in [3.05, 3.63) is 0 Å². The molecule has 0 rings (SSSR count). The highest BCUT2D eigenvalue weighted by atomic mass is 32.1. The maximum Gasteiger partial charge on any atom is 0.0569 e. The van der Waals surface area contributed by atoms with E-state index in [-0.39, 0.29) is 0 Å². The molecule has 0 bridgehead atoms. The molecule has 0 aliphatic heterocycles. The molecule has 0 aromatic rings. The molecule has 0 amide bonds. The van der Waals surface area contributed by atoms with E-state index in [1.165, 1.54) is 0 Å². The topological polar surface area (TPSA) is 9.23 Å². The van der Waals surface area contributed by atoms with Crippen molar-refractivity contribution in [2.24, 2.45) is 0 Å². The van der Waals surface area contributed by atoms with Crippen LogP contribution in [0, 0.1) is 0 Å². The van der Waals surface area contributed by atoms with Gasteiger partial charge in [-0.3, -0.25) is 0 Å². The molecule has 0 spiro atoms. The average Bonchev–Trinajstić information content (AvgIpc) is 2.12. The van der Waals surface area contributed by atoms with E-state index in [2.05, 4.69) is 33.4 Å². The largest absolute Gasteiger partial charge is 0.378 e. The van der Waals surface area contributed by atoms with Crippen LogP contribution >= 0.6 is 12.6 Å². The van der Waals surface area contributed by atoms with Gasteiger partial charge in [0, 0.05) is 11.9 Å². The highest BCUT2D eigenvalue weighted by Crippen LogP contribution is 2.08. The van der Waals surface area contributed by atoms with Crippen molar-refractivity contribution >= 4 is 12.6 Å². The number of rotatable bonds is 7. The summed E-state index contributed by atoms with van der Waals surface area (Å²) in [5.41, 5.74) is 0. The Bertz CT molecular complexity index is 91.8. The lowest BCUT2D eigenvalue weighted by molar-refractivity contribution is 0.0466. The van der Waals surface area contributed by atoms with Crippen molar-refractivity contribution in [3.8, 4) is 0 Å². The summed E-state index contributed by atoms with van der Waals surface area (Å²) in [5, 5.41) is 0.513. The predicted octanol–water partition coefficient (Wildman–Crippen LogP) is 3.29. The summed E-state index contributed by atoms with van der Waals surface area (Å²) in [6, 6.07) is 0. The van der Waals surface area contributed by atoms with Crippen LogP contribution in [0.5, 0.6) is 0 Å². The molecule has 1 unspecified atom stereocenters. The van der Waals surface area contributed by atoms with Gasteiger partial charge in [-0.2, -0.15) is 12.6 Å². The minimum absolute atomic E-state index is 0.461. The third-order valence-corrected chi connectivity index (χ3v) is 2.81. The smallest absolute Gasteiger partial charge is 0.0569 e. The van der Waals surface area contributed by atoms with Gasteiger partial charge < -0.3 is 4.74 Å². The molecule has 0 aromatic carbocycles. The lowest BCUT2D eigenvalue weighted by Crippen LogP contribution is -2.13. The third kappa shape index (κ3) is 5.90. The summed E-state index contributed by atoms with van der Waals surface area (Å²) in [6.07, 6.45) is 4.92. The van der Waals surface area contributed by atoms with Crippen LogP contribution in [0.2, 0.25) is 0 Å². The molecule has 0 aliphatic rings. The van der Waals surface area contributed by atoms with Crippen LogP contribution in [-0.2, 0) is 4.74 Å². The zero-order valence-corrected chi connectivity index (χ0v) is 9.44. The molecular weight excluding hydrogens is 168 g/mol. The fraction of sp³-hybridized carbons (Fsp3) is 1.00. The summed E-state index contributed by atoms with van der Waals surface area (Å²) in [4.78, 5) is 0. The first-order chi connectivity index (χ1) is 5.74. The third-order valence-electron chi connectivity index (χ3n) is 2.19. The Morgan fingerprint density at radius 2 is 1.67 bits per heavy atom. The molecule has 1 nitrogen and oxygen atoms in total. The van der Waals surface area contributed by atoms with Crippen molar-refractivity contribution < 1.29 is 4.74 Å². The van der Waals surface area contributed by atoms with E-state index in [1.54, 1.807) is 0 Å². The van der Waals surface area contributed by atoms with Gasteiger partial charge >= 0.3 is 0 Å². The SMILES string of the molecule is CCC(S)CCOC(CC)CC. The highest BCUT2D eigenvalue weighted by molar-refractivity contribution is 7.80. The molecule has 0 aromatic heterocycles. The van der Waals surface area contributed by atoms with Crippen LogP contribution in [-0.4, -0.2) is 18.0 Å². The van der Waals surface area contributed by atoms with Crippen LogP contribution in [0.15, 0.2) is 0 Å². The van der Waals surface area contributed by atoms with E-state index in [0.29, 0.717) is 11.4 Å². The van der Waals surface area contributed by atoms with E-state index in [0.717, 1.165) is 32.3 Å². The first-order valence-electron chi connectivity index (χ1n) is 5.04. The van der Waals surface area contributed by atoms with E-state index < -0.39 is 0 Å². The number of hydrogen-bond acceptors (Lipinski definition) is 2. The molecule has 0 N–H and O–H groups in total. The van der Waals surface area contributed by atoms with Gasteiger partial charge in [-0.1, -0.05) is 20.8 Å². The Morgan fingerprint density at radius 1 is 1.08 bits per heavy atom. The van der Waals surface area contributed by atoms with Gasteiger partial charge in [-0.15, -0.1) is 0 Å². The van der Waals surface area contributed by atoms with Gasteiger partial charge in [0.05, 0.1) is 6.10 Å². The second-order valence-corrected chi connectivity index (χ2v) is 3.89. The molecule has 1 atom stereocenters. The zero-order chi connectivity index (χ0) is 9.40. The normalized spacial score (nSPS) is 13.8. The van der Waals surface area contributed by atoms with E-state index in [4.69, 9.17) is 4.74 Å². The van der Waals surface area contributed by atoms with Crippen LogP contribution in [0.1, 0.15) is 46.5 Å². The second-order valence-electron chi connectivity index (χ2n) is 3.16. The molecule has 0 radical (unpaired) electrons. The molecule has 2 heteroatoms. The predicted molar refractivity (Wildman–Crippen MR) is 58.0 cm³/mol. The Labute approximate surface area is 82.3 Å². The number of ether oxygens (including phenoxy) is 1. The maximum atomic E-state index is 5.66. The van der Waals surface area contributed by atoms with Crippen molar-refractivity contribution in [2.45, 2.75) is 57.8 Å². The minimum Gasteiger partial charge on any atom is -0.378 e. The Balaban J connectivity index is 3.28. The molecule has 12 heavy (non-hydrogen) atoms. The Kier molecular flexibility index (Phi) is 8.14. The van der Waals surface area contributed by atoms with Crippen molar-refractivity contribution in [3.63, 3.8) is 0 Å². The molecule has 0 saturated carbocycles. The fourth-order valence-corrected chi connectivity index (χ4v) is 1.20. The molecule has 0 saturated heterocycles. The minimum atomic E-state index is 0.461. The zero-order valence-electron chi connectivity index (χ0n) is 8.55. The van der Waals surface area contributed by atoms with E-state index >= 15 is 0 Å². The first-order valence-corrected chi connectivity index (χ1v) is 5.55. The summed E-state index contributed by atoms with van der Waals surface area (Å²) in [7, 11) is 0. The van der Waals surface area contributed by atoms with Gasteiger partial charge in [0.1, 0.15) is 0 Å². The van der Waals surface area contributed by atoms with Gasteiger partial charge in [-0.05, 0) is 25.7 Å². The first kappa shape index (κ1) is 12.3. The quantitative estimate of drug-likeness (QED) is 0.606. The summed E-state index contributed by atoms with van der Waals surface area (Å²) in [5.74, 6) is 0. The lowest BCUT2D eigenvalue weighted by Gasteiger charge is -2.15. The lowest BCUT2D eigenvalue weighted by atomic mass is 10.2. The summed E-state index contributed by atoms with van der Waals surface area (Å²) >= 11 is 4.41. The molecule has 0 aliphatic carbocycles. The van der Waals surface area contributed by atoms with Gasteiger partial charge in [0.2, 0.25) is 0 Å². The number of hydrogen-bond donors (Lipinski definition) is 1. The summed E-state index contributed by atoms with van der Waals surface area (Å²) < 4.78 is 5.66. The van der Waals surface area contributed by atoms with Crippen LogP contribution in [0.25, 0.3) is 0 Å². The van der Waals surface area contributed by atoms with Gasteiger partial charge in [0.15, 0.2) is 0 Å². The van der Waals surface area contributed by atoms with Crippen molar-refractivity contribution in [2.75, 3.05) is 6.61 Å². The average molecular weight is 190 g/mol. The monoisotopic (exact) mass is 190 g/mol. The molecular formula is C10H22OS. The number of thiol groups is 1. The molecule has 0 fully saturated rings. The van der Waals surface area contributed by atoms with Crippen molar-refractivity contribution in [1.29, 1.82) is 0 Å². The van der Waals surface area contributed by atoms with Crippen molar-refractivity contribution in [1.82, 2.24) is 0 Å². The van der Waals surface area contributed by atoms with Gasteiger partial charge in [0.25, 0.3) is 0 Å². The maximum absolute atomic E-state index is 5.66. The molecule has 74 valence electrons. The van der Waals surface area contributed by atoms with E-state index in [1.807, 2.05) is 0 Å². The summed E-state index contributed by atoms with van der Waals surface area (Å²) in [6.45, 7) is 7.38. The highest BCUT2D eigenvalue weighted by Gasteiger charge is 2.04. The fourth-order valence-electron chi connectivity index (χ4n) is 1.10. The van der Waals surface area contributed by atoms with Crippen LogP contribution in [0.3, 0.4) is 0 Å². The Hall–Kier alpha value is 0.310.